The van der Waals surface area contributed by atoms with Gasteiger partial charge < -0.3 is 9.47 Å². The molecule has 1 fully saturated rings. The van der Waals surface area contributed by atoms with Crippen LogP contribution in [0.25, 0.3) is 6.08 Å². The van der Waals surface area contributed by atoms with Crippen LogP contribution in [0.3, 0.4) is 0 Å². The fourth-order valence-corrected chi connectivity index (χ4v) is 3.76. The zero-order valence-electron chi connectivity index (χ0n) is 14.4. The molecule has 1 aliphatic rings. The van der Waals surface area contributed by atoms with Crippen LogP contribution in [0.2, 0.25) is 0 Å². The quantitative estimate of drug-likeness (QED) is 0.613. The van der Waals surface area contributed by atoms with Crippen LogP contribution in [-0.4, -0.2) is 13.7 Å². The summed E-state index contributed by atoms with van der Waals surface area (Å²) in [5, 5.41) is 0. The predicted molar refractivity (Wildman–Crippen MR) is 103 cm³/mol. The van der Waals surface area contributed by atoms with Gasteiger partial charge in [0, 0.05) is 10.4 Å². The van der Waals surface area contributed by atoms with Crippen LogP contribution in [-0.2, 0) is 0 Å². The summed E-state index contributed by atoms with van der Waals surface area (Å²) in [6.45, 7) is 9.12. The SMILES string of the molecule is C=Cc1ccc(OC)c(OC[C@H]2[C@H](c3ccc(Br)cc3)C2(C)C)c1. The predicted octanol–water partition coefficient (Wildman–Crippen LogP) is 5.92. The van der Waals surface area contributed by atoms with Gasteiger partial charge in [0.05, 0.1) is 13.7 Å². The van der Waals surface area contributed by atoms with Crippen molar-refractivity contribution in [1.29, 1.82) is 0 Å². The lowest BCUT2D eigenvalue weighted by Crippen LogP contribution is -2.05. The Labute approximate surface area is 152 Å². The standard InChI is InChI=1S/C21H23BrO2/c1-5-14-6-11-18(23-4)19(12-14)24-13-17-20(21(17,2)3)15-7-9-16(22)10-8-15/h5-12,17,20H,1,13H2,2-4H3/t17-,20-/m0/s1. The molecule has 0 aliphatic heterocycles. The number of rotatable bonds is 6. The van der Waals surface area contributed by atoms with Crippen LogP contribution in [0.5, 0.6) is 11.5 Å². The average Bonchev–Trinajstić information content (AvgIpc) is 3.14. The first-order chi connectivity index (χ1) is 11.5. The normalized spacial score (nSPS) is 21.2. The minimum atomic E-state index is 0.247. The average molecular weight is 387 g/mol. The Hall–Kier alpha value is -1.74. The topological polar surface area (TPSA) is 18.5 Å². The third-order valence-corrected chi connectivity index (χ3v) is 5.65. The zero-order chi connectivity index (χ0) is 17.3. The highest BCUT2D eigenvalue weighted by Crippen LogP contribution is 2.64. The van der Waals surface area contributed by atoms with Gasteiger partial charge in [0.15, 0.2) is 11.5 Å². The smallest absolute Gasteiger partial charge is 0.161 e. The second-order valence-electron chi connectivity index (χ2n) is 6.88. The fourth-order valence-electron chi connectivity index (χ4n) is 3.50. The molecule has 2 nitrogen and oxygen atoms in total. The summed E-state index contributed by atoms with van der Waals surface area (Å²) >= 11 is 3.50. The molecule has 2 aromatic carbocycles. The maximum Gasteiger partial charge on any atom is 0.161 e. The molecule has 0 bridgehead atoms. The first-order valence-corrected chi connectivity index (χ1v) is 8.95. The molecule has 0 heterocycles. The van der Waals surface area contributed by atoms with E-state index in [1.807, 2.05) is 24.3 Å². The molecule has 3 heteroatoms. The van der Waals surface area contributed by atoms with Gasteiger partial charge in [-0.25, -0.2) is 0 Å². The number of benzene rings is 2. The molecule has 0 spiro atoms. The van der Waals surface area contributed by atoms with Crippen molar-refractivity contribution in [2.45, 2.75) is 19.8 Å². The van der Waals surface area contributed by atoms with Gasteiger partial charge in [-0.1, -0.05) is 60.6 Å². The Balaban J connectivity index is 1.73. The Kier molecular flexibility index (Phi) is 4.73. The highest BCUT2D eigenvalue weighted by molar-refractivity contribution is 9.10. The van der Waals surface area contributed by atoms with E-state index in [0.29, 0.717) is 18.4 Å². The van der Waals surface area contributed by atoms with Crippen molar-refractivity contribution < 1.29 is 9.47 Å². The largest absolute Gasteiger partial charge is 0.493 e. The third-order valence-electron chi connectivity index (χ3n) is 5.12. The van der Waals surface area contributed by atoms with E-state index < -0.39 is 0 Å². The van der Waals surface area contributed by atoms with Gasteiger partial charge in [0.2, 0.25) is 0 Å². The molecule has 0 unspecified atom stereocenters. The second kappa shape index (κ2) is 6.64. The van der Waals surface area contributed by atoms with Crippen molar-refractivity contribution in [2.75, 3.05) is 13.7 Å². The Morgan fingerprint density at radius 2 is 1.83 bits per heavy atom. The third kappa shape index (κ3) is 3.23. The molecule has 0 N–H and O–H groups in total. The second-order valence-corrected chi connectivity index (χ2v) is 7.80. The number of hydrogen-bond donors (Lipinski definition) is 0. The maximum atomic E-state index is 6.12. The van der Waals surface area contributed by atoms with Crippen molar-refractivity contribution >= 4 is 22.0 Å². The van der Waals surface area contributed by atoms with Gasteiger partial charge in [0.1, 0.15) is 0 Å². The van der Waals surface area contributed by atoms with Gasteiger partial charge in [-0.2, -0.15) is 0 Å². The number of ether oxygens (including phenoxy) is 2. The first-order valence-electron chi connectivity index (χ1n) is 8.16. The molecular weight excluding hydrogens is 364 g/mol. The maximum absolute atomic E-state index is 6.12. The summed E-state index contributed by atoms with van der Waals surface area (Å²) in [5.74, 6) is 2.57. The minimum absolute atomic E-state index is 0.247. The van der Waals surface area contributed by atoms with Crippen LogP contribution in [0.4, 0.5) is 0 Å². The number of hydrogen-bond acceptors (Lipinski definition) is 2. The summed E-state index contributed by atoms with van der Waals surface area (Å²) in [7, 11) is 1.67. The molecule has 1 saturated carbocycles. The molecule has 24 heavy (non-hydrogen) atoms. The highest BCUT2D eigenvalue weighted by atomic mass is 79.9. The molecule has 0 amide bonds. The molecule has 3 rings (SSSR count). The number of methoxy groups -OCH3 is 1. The molecule has 2 atom stereocenters. The fraction of sp³-hybridized carbons (Fsp3) is 0.333. The van der Waals surface area contributed by atoms with Crippen LogP contribution < -0.4 is 9.47 Å². The Morgan fingerprint density at radius 3 is 2.46 bits per heavy atom. The van der Waals surface area contributed by atoms with Crippen molar-refractivity contribution in [1.82, 2.24) is 0 Å². The monoisotopic (exact) mass is 386 g/mol. The Bertz CT molecular complexity index is 734. The summed E-state index contributed by atoms with van der Waals surface area (Å²) < 4.78 is 12.6. The molecule has 2 aromatic rings. The van der Waals surface area contributed by atoms with E-state index in [0.717, 1.165) is 21.5 Å². The van der Waals surface area contributed by atoms with E-state index in [9.17, 15) is 0 Å². The highest BCUT2D eigenvalue weighted by Gasteiger charge is 2.58. The van der Waals surface area contributed by atoms with E-state index in [4.69, 9.17) is 9.47 Å². The van der Waals surface area contributed by atoms with Crippen LogP contribution in [0, 0.1) is 11.3 Å². The van der Waals surface area contributed by atoms with Crippen molar-refractivity contribution in [2.24, 2.45) is 11.3 Å². The zero-order valence-corrected chi connectivity index (χ0v) is 16.0. The van der Waals surface area contributed by atoms with Crippen LogP contribution >= 0.6 is 15.9 Å². The lowest BCUT2D eigenvalue weighted by molar-refractivity contribution is 0.264. The molecule has 1 aliphatic carbocycles. The van der Waals surface area contributed by atoms with E-state index >= 15 is 0 Å². The molecular formula is C21H23BrO2. The summed E-state index contributed by atoms with van der Waals surface area (Å²) in [5.41, 5.74) is 2.66. The molecule has 126 valence electrons. The minimum Gasteiger partial charge on any atom is -0.493 e. The van der Waals surface area contributed by atoms with Gasteiger partial charge in [-0.3, -0.25) is 0 Å². The number of halogens is 1. The van der Waals surface area contributed by atoms with Crippen molar-refractivity contribution in [3.8, 4) is 11.5 Å². The van der Waals surface area contributed by atoms with Crippen LogP contribution in [0.1, 0.15) is 30.9 Å². The van der Waals surface area contributed by atoms with E-state index in [1.54, 1.807) is 7.11 Å². The molecule has 0 saturated heterocycles. The molecule has 0 radical (unpaired) electrons. The van der Waals surface area contributed by atoms with Gasteiger partial charge in [-0.15, -0.1) is 0 Å². The summed E-state index contributed by atoms with van der Waals surface area (Å²) in [6.07, 6.45) is 1.82. The van der Waals surface area contributed by atoms with E-state index in [2.05, 4.69) is 60.6 Å². The van der Waals surface area contributed by atoms with E-state index in [-0.39, 0.29) is 5.41 Å². The summed E-state index contributed by atoms with van der Waals surface area (Å²) in [6, 6.07) is 14.5. The van der Waals surface area contributed by atoms with Crippen molar-refractivity contribution in [3.05, 3.63) is 64.6 Å². The molecule has 0 aromatic heterocycles. The Morgan fingerprint density at radius 1 is 1.12 bits per heavy atom. The van der Waals surface area contributed by atoms with Gasteiger partial charge in [0.25, 0.3) is 0 Å². The van der Waals surface area contributed by atoms with E-state index in [1.165, 1.54) is 5.56 Å². The van der Waals surface area contributed by atoms with Gasteiger partial charge >= 0.3 is 0 Å². The lowest BCUT2D eigenvalue weighted by atomic mass is 10.0. The lowest BCUT2D eigenvalue weighted by Gasteiger charge is -2.12. The summed E-state index contributed by atoms with van der Waals surface area (Å²) in [4.78, 5) is 0. The van der Waals surface area contributed by atoms with Crippen LogP contribution in [0.15, 0.2) is 53.5 Å². The van der Waals surface area contributed by atoms with Gasteiger partial charge in [-0.05, 0) is 46.7 Å². The van der Waals surface area contributed by atoms with Crippen molar-refractivity contribution in [3.63, 3.8) is 0 Å². The first kappa shape index (κ1) is 17.1.